The highest BCUT2D eigenvalue weighted by atomic mass is 35.5. The number of rotatable bonds is 6. The van der Waals surface area contributed by atoms with E-state index in [2.05, 4.69) is 5.32 Å². The summed E-state index contributed by atoms with van der Waals surface area (Å²) in [6.45, 7) is 5.03. The molecule has 0 aliphatic heterocycles. The van der Waals surface area contributed by atoms with Crippen molar-refractivity contribution in [2.45, 2.75) is 57.2 Å². The lowest BCUT2D eigenvalue weighted by atomic mass is 9.49. The highest BCUT2D eigenvalue weighted by molar-refractivity contribution is 6.24. The molecule has 1 aromatic rings. The number of benzene rings is 1. The minimum Gasteiger partial charge on any atom is -0.494 e. The Morgan fingerprint density at radius 3 is 2.46 bits per heavy atom. The van der Waals surface area contributed by atoms with Crippen LogP contribution in [0.3, 0.4) is 0 Å². The van der Waals surface area contributed by atoms with Crippen molar-refractivity contribution in [1.82, 2.24) is 0 Å². The molecule has 4 bridgehead atoms. The van der Waals surface area contributed by atoms with Gasteiger partial charge in [0.15, 0.2) is 0 Å². The van der Waals surface area contributed by atoms with Gasteiger partial charge in [0, 0.05) is 10.9 Å². The minimum absolute atomic E-state index is 0.103. The first-order valence-corrected chi connectivity index (χ1v) is 10.2. The van der Waals surface area contributed by atoms with Crippen molar-refractivity contribution in [2.75, 3.05) is 18.5 Å². The Balaban J connectivity index is 1.59. The molecule has 0 radical (unpaired) electrons. The molecule has 0 saturated heterocycles. The van der Waals surface area contributed by atoms with Crippen LogP contribution in [0.5, 0.6) is 11.5 Å². The zero-order chi connectivity index (χ0) is 18.4. The Hall–Kier alpha value is -1.42. The maximum atomic E-state index is 13.4. The van der Waals surface area contributed by atoms with Gasteiger partial charge in [-0.25, -0.2) is 0 Å². The molecule has 0 spiro atoms. The van der Waals surface area contributed by atoms with Gasteiger partial charge in [0.2, 0.25) is 5.91 Å². The number of amides is 1. The molecular weight excluding hydrogens is 350 g/mol. The Kier molecular flexibility index (Phi) is 4.58. The van der Waals surface area contributed by atoms with E-state index in [1.807, 2.05) is 32.0 Å². The molecule has 1 amide bonds. The molecule has 0 heterocycles. The van der Waals surface area contributed by atoms with E-state index in [1.54, 1.807) is 0 Å². The van der Waals surface area contributed by atoms with Gasteiger partial charge < -0.3 is 14.8 Å². The van der Waals surface area contributed by atoms with Crippen LogP contribution in [0.15, 0.2) is 18.2 Å². The summed E-state index contributed by atoms with van der Waals surface area (Å²) in [6.07, 6.45) is 6.13. The van der Waals surface area contributed by atoms with Crippen LogP contribution in [0, 0.1) is 17.3 Å². The number of halogens is 1. The molecule has 2 atom stereocenters. The molecule has 26 heavy (non-hydrogen) atoms. The van der Waals surface area contributed by atoms with E-state index < -0.39 is 0 Å². The summed E-state index contributed by atoms with van der Waals surface area (Å²) in [5, 5.41) is 3.17. The number of carbonyl (C=O) groups is 1. The zero-order valence-corrected chi connectivity index (χ0v) is 16.4. The van der Waals surface area contributed by atoms with Crippen LogP contribution in [0.4, 0.5) is 5.69 Å². The molecule has 142 valence electrons. The second-order valence-corrected chi connectivity index (χ2v) is 9.17. The summed E-state index contributed by atoms with van der Waals surface area (Å²) in [5.41, 5.74) is 0.374. The third-order valence-corrected chi connectivity index (χ3v) is 6.72. The van der Waals surface area contributed by atoms with E-state index in [4.69, 9.17) is 21.1 Å². The predicted molar refractivity (Wildman–Crippen MR) is 103 cm³/mol. The van der Waals surface area contributed by atoms with E-state index in [0.29, 0.717) is 36.5 Å². The molecule has 4 aliphatic carbocycles. The molecule has 4 nitrogen and oxygen atoms in total. The summed E-state index contributed by atoms with van der Waals surface area (Å²) < 4.78 is 11.3. The fourth-order valence-electron chi connectivity index (χ4n) is 5.82. The molecule has 4 aliphatic rings. The van der Waals surface area contributed by atoms with Gasteiger partial charge in [0.1, 0.15) is 11.5 Å². The van der Waals surface area contributed by atoms with Crippen LogP contribution in [0.1, 0.15) is 52.4 Å². The van der Waals surface area contributed by atoms with Crippen molar-refractivity contribution in [3.8, 4) is 11.5 Å². The first-order chi connectivity index (χ1) is 12.5. The molecule has 1 aromatic carbocycles. The topological polar surface area (TPSA) is 47.6 Å². The number of carbonyl (C=O) groups excluding carboxylic acids is 1. The van der Waals surface area contributed by atoms with Gasteiger partial charge in [0.25, 0.3) is 0 Å². The number of hydrogen-bond acceptors (Lipinski definition) is 3. The second-order valence-electron chi connectivity index (χ2n) is 8.37. The van der Waals surface area contributed by atoms with Crippen molar-refractivity contribution >= 4 is 23.2 Å². The minimum atomic E-state index is -0.322. The monoisotopic (exact) mass is 377 g/mol. The summed E-state index contributed by atoms with van der Waals surface area (Å²) >= 11 is 6.89. The van der Waals surface area contributed by atoms with Crippen molar-refractivity contribution in [2.24, 2.45) is 17.3 Å². The molecule has 0 unspecified atom stereocenters. The summed E-state index contributed by atoms with van der Waals surface area (Å²) in [5.74, 6) is 2.73. The number of anilines is 1. The van der Waals surface area contributed by atoms with Crippen molar-refractivity contribution < 1.29 is 14.3 Å². The molecule has 5 rings (SSSR count). The summed E-state index contributed by atoms with van der Waals surface area (Å²) in [6, 6.07) is 5.61. The number of alkyl halides is 1. The average molecular weight is 378 g/mol. The molecule has 4 saturated carbocycles. The Morgan fingerprint density at radius 1 is 1.15 bits per heavy atom. The quantitative estimate of drug-likeness (QED) is 0.709. The normalized spacial score (nSPS) is 34.6. The average Bonchev–Trinajstić information content (AvgIpc) is 2.55. The second kappa shape index (κ2) is 6.63. The maximum absolute atomic E-state index is 13.4. The Morgan fingerprint density at radius 2 is 1.85 bits per heavy atom. The van der Waals surface area contributed by atoms with Gasteiger partial charge in [-0.05, 0) is 76.3 Å². The van der Waals surface area contributed by atoms with Crippen molar-refractivity contribution in [3.63, 3.8) is 0 Å². The van der Waals surface area contributed by atoms with Gasteiger partial charge in [-0.3, -0.25) is 4.79 Å². The molecule has 1 N–H and O–H groups in total. The third kappa shape index (κ3) is 3.17. The molecule has 5 heteroatoms. The smallest absolute Gasteiger partial charge is 0.230 e. The lowest BCUT2D eigenvalue weighted by Gasteiger charge is -2.59. The van der Waals surface area contributed by atoms with Gasteiger partial charge in [-0.1, -0.05) is 0 Å². The van der Waals surface area contributed by atoms with Gasteiger partial charge >= 0.3 is 0 Å². The van der Waals surface area contributed by atoms with E-state index in [-0.39, 0.29) is 16.2 Å². The van der Waals surface area contributed by atoms with E-state index >= 15 is 0 Å². The third-order valence-electron chi connectivity index (χ3n) is 6.28. The number of ether oxygens (including phenoxy) is 2. The van der Waals surface area contributed by atoms with Crippen molar-refractivity contribution in [1.29, 1.82) is 0 Å². The Bertz CT molecular complexity index is 690. The van der Waals surface area contributed by atoms with Gasteiger partial charge in [-0.2, -0.15) is 0 Å². The van der Waals surface area contributed by atoms with E-state index in [1.165, 1.54) is 6.42 Å². The van der Waals surface area contributed by atoms with Gasteiger partial charge in [-0.15, -0.1) is 11.6 Å². The van der Waals surface area contributed by atoms with Crippen LogP contribution in [-0.2, 0) is 4.79 Å². The molecule has 4 fully saturated rings. The van der Waals surface area contributed by atoms with Crippen LogP contribution in [0.25, 0.3) is 0 Å². The van der Waals surface area contributed by atoms with E-state index in [0.717, 1.165) is 37.9 Å². The van der Waals surface area contributed by atoms with E-state index in [9.17, 15) is 4.79 Å². The predicted octanol–water partition coefficient (Wildman–Crippen LogP) is 5.00. The van der Waals surface area contributed by atoms with Crippen molar-refractivity contribution in [3.05, 3.63) is 18.2 Å². The SMILES string of the molecule is CCOc1ccc(OCC)c(NC(=O)C23C[C@@H]4C[C@H](CC(Cl)(C4)C2)C3)c1. The standard InChI is InChI=1S/C21H28ClNO3/c1-3-25-16-5-6-18(26-4-2)17(8-16)23-19(24)20-9-14-7-15(10-20)12-21(22,11-14)13-20/h5-6,8,14-15H,3-4,7,9-13H2,1-2H3,(H,23,24)/t14-,15-,20?,21?/m0/s1. The van der Waals surface area contributed by atoms with Gasteiger partial charge in [0.05, 0.1) is 24.3 Å². The van der Waals surface area contributed by atoms with Crippen LogP contribution < -0.4 is 14.8 Å². The Labute approximate surface area is 160 Å². The lowest BCUT2D eigenvalue weighted by Crippen LogP contribution is -2.57. The molecular formula is C21H28ClNO3. The van der Waals surface area contributed by atoms with Crippen LogP contribution in [0.2, 0.25) is 0 Å². The summed E-state index contributed by atoms with van der Waals surface area (Å²) in [4.78, 5) is 13.2. The fourth-order valence-corrected chi connectivity index (χ4v) is 6.51. The lowest BCUT2D eigenvalue weighted by molar-refractivity contribution is -0.138. The maximum Gasteiger partial charge on any atom is 0.230 e. The molecule has 0 aromatic heterocycles. The number of hydrogen-bond donors (Lipinski definition) is 1. The highest BCUT2D eigenvalue weighted by Crippen LogP contribution is 2.64. The van der Waals surface area contributed by atoms with Crippen LogP contribution in [-0.4, -0.2) is 24.0 Å². The highest BCUT2D eigenvalue weighted by Gasteiger charge is 2.60. The summed E-state index contributed by atoms with van der Waals surface area (Å²) in [7, 11) is 0. The first kappa shape index (κ1) is 18.0. The first-order valence-electron chi connectivity index (χ1n) is 9.85. The fraction of sp³-hybridized carbons (Fsp3) is 0.667. The number of nitrogens with one attached hydrogen (secondary N) is 1. The van der Waals surface area contributed by atoms with Crippen LogP contribution >= 0.6 is 11.6 Å². The zero-order valence-electron chi connectivity index (χ0n) is 15.6. The largest absolute Gasteiger partial charge is 0.494 e.